The Balaban J connectivity index is 1.47. The summed E-state index contributed by atoms with van der Waals surface area (Å²) in [6.07, 6.45) is 11.1. The average molecular weight is 507 g/mol. The summed E-state index contributed by atoms with van der Waals surface area (Å²) in [5.41, 5.74) is 0. The van der Waals surface area contributed by atoms with Gasteiger partial charge in [-0.05, 0) is 24.7 Å². The van der Waals surface area contributed by atoms with Crippen LogP contribution in [0.2, 0.25) is 0 Å². The molecule has 192 valence electrons. The van der Waals surface area contributed by atoms with Crippen LogP contribution in [0.3, 0.4) is 0 Å². The predicted octanol–water partition coefficient (Wildman–Crippen LogP) is 4.46. The fourth-order valence-corrected chi connectivity index (χ4v) is 6.12. The van der Waals surface area contributed by atoms with E-state index in [0.29, 0.717) is 18.8 Å². The number of nitrogens with one attached hydrogen (secondary N) is 2. The summed E-state index contributed by atoms with van der Waals surface area (Å²) >= 11 is 1.08. The van der Waals surface area contributed by atoms with Crippen LogP contribution in [0.25, 0.3) is 0 Å². The number of imide groups is 1. The smallest absolute Gasteiger partial charge is 0.437 e. The number of ether oxygens (including phenoxy) is 2. The summed E-state index contributed by atoms with van der Waals surface area (Å²) in [6.45, 7) is 0. The Morgan fingerprint density at radius 1 is 1.11 bits per heavy atom. The summed E-state index contributed by atoms with van der Waals surface area (Å²) in [5, 5.41) is 7.25. The van der Waals surface area contributed by atoms with Gasteiger partial charge >= 0.3 is 12.2 Å². The molecular weight excluding hydrogens is 472 g/mol. The molecule has 1 saturated heterocycles. The van der Waals surface area contributed by atoms with Crippen molar-refractivity contribution in [3.8, 4) is 5.88 Å². The van der Waals surface area contributed by atoms with Crippen LogP contribution in [0.5, 0.6) is 5.88 Å². The van der Waals surface area contributed by atoms with E-state index in [4.69, 9.17) is 4.74 Å². The average Bonchev–Trinajstić information content (AvgIpc) is 3.41. The summed E-state index contributed by atoms with van der Waals surface area (Å²) < 4.78 is 9.34. The first-order chi connectivity index (χ1) is 16.9. The first-order valence-electron chi connectivity index (χ1n) is 12.6. The van der Waals surface area contributed by atoms with E-state index >= 15 is 0 Å². The molecule has 2 atom stereocenters. The Hall–Kier alpha value is -2.69. The van der Waals surface area contributed by atoms with Crippen molar-refractivity contribution in [2.24, 2.45) is 11.8 Å². The largest absolute Gasteiger partial charge is 0.514 e. The summed E-state index contributed by atoms with van der Waals surface area (Å²) in [5.74, 6) is -0.0793. The highest BCUT2D eigenvalue weighted by molar-refractivity contribution is 7.14. The van der Waals surface area contributed by atoms with Gasteiger partial charge in [0.15, 0.2) is 5.13 Å². The molecule has 35 heavy (non-hydrogen) atoms. The molecule has 3 aliphatic rings. The maximum atomic E-state index is 13.4. The number of methoxy groups -OCH3 is 1. The molecule has 4 rings (SSSR count). The molecule has 0 unspecified atom stereocenters. The zero-order chi connectivity index (χ0) is 24.8. The molecule has 1 aromatic rings. The number of hydrogen-bond acceptors (Lipinski definition) is 8. The molecule has 2 heterocycles. The number of hydrogen-bond donors (Lipinski definition) is 2. The fraction of sp³-hybridized carbons (Fsp3) is 0.708. The van der Waals surface area contributed by atoms with E-state index < -0.39 is 30.2 Å². The van der Waals surface area contributed by atoms with Crippen LogP contribution in [0.1, 0.15) is 77.0 Å². The van der Waals surface area contributed by atoms with E-state index in [2.05, 4.69) is 20.4 Å². The van der Waals surface area contributed by atoms with Crippen molar-refractivity contribution in [1.82, 2.24) is 15.2 Å². The molecule has 4 amide bonds. The Morgan fingerprint density at radius 3 is 2.43 bits per heavy atom. The van der Waals surface area contributed by atoms with Gasteiger partial charge in [0.25, 0.3) is 5.91 Å². The van der Waals surface area contributed by atoms with Gasteiger partial charge in [0.1, 0.15) is 12.1 Å². The number of thiazole rings is 1. The van der Waals surface area contributed by atoms with Crippen molar-refractivity contribution in [3.63, 3.8) is 0 Å². The molecule has 0 spiro atoms. The first kappa shape index (κ1) is 25.4. The maximum absolute atomic E-state index is 13.4. The van der Waals surface area contributed by atoms with E-state index in [0.717, 1.165) is 67.6 Å². The minimum absolute atomic E-state index is 0.00326. The van der Waals surface area contributed by atoms with Gasteiger partial charge in [-0.15, -0.1) is 11.3 Å². The lowest BCUT2D eigenvalue weighted by Crippen LogP contribution is -2.49. The number of anilines is 1. The molecule has 1 aromatic heterocycles. The van der Waals surface area contributed by atoms with Crippen LogP contribution in [0.15, 0.2) is 5.38 Å². The van der Waals surface area contributed by atoms with Crippen LogP contribution in [-0.4, -0.2) is 53.1 Å². The van der Waals surface area contributed by atoms with Crippen molar-refractivity contribution in [2.45, 2.75) is 89.1 Å². The van der Waals surface area contributed by atoms with Gasteiger partial charge in [0.05, 0.1) is 12.5 Å². The highest BCUT2D eigenvalue weighted by Gasteiger charge is 2.46. The molecule has 2 N–H and O–H groups in total. The molecule has 0 aromatic carbocycles. The van der Waals surface area contributed by atoms with Gasteiger partial charge in [0, 0.05) is 0 Å². The van der Waals surface area contributed by atoms with Crippen molar-refractivity contribution < 1.29 is 28.7 Å². The second kappa shape index (κ2) is 11.8. The minimum Gasteiger partial charge on any atom is -0.437 e. The normalized spacial score (nSPS) is 22.5. The van der Waals surface area contributed by atoms with Gasteiger partial charge in [-0.25, -0.2) is 14.5 Å². The lowest BCUT2D eigenvalue weighted by atomic mass is 9.83. The monoisotopic (exact) mass is 506 g/mol. The maximum Gasteiger partial charge on any atom is 0.514 e. The minimum atomic E-state index is -0.921. The van der Waals surface area contributed by atoms with E-state index in [9.17, 15) is 19.2 Å². The Bertz CT molecular complexity index is 925. The summed E-state index contributed by atoms with van der Waals surface area (Å²) in [6, 6.07) is -2.00. The van der Waals surface area contributed by atoms with E-state index in [1.807, 2.05) is 0 Å². The number of rotatable bonds is 8. The van der Waals surface area contributed by atoms with Gasteiger partial charge in [0.2, 0.25) is 11.8 Å². The first-order valence-corrected chi connectivity index (χ1v) is 13.5. The number of carbonyl (C=O) groups excluding carboxylic acids is 4. The van der Waals surface area contributed by atoms with E-state index in [1.54, 1.807) is 0 Å². The highest BCUT2D eigenvalue weighted by Crippen LogP contribution is 2.33. The third kappa shape index (κ3) is 6.50. The van der Waals surface area contributed by atoms with Crippen LogP contribution in [0.4, 0.5) is 14.7 Å². The molecular formula is C24H34N4O6S. The molecule has 3 fully saturated rings. The zero-order valence-electron chi connectivity index (χ0n) is 20.1. The number of amides is 4. The molecule has 0 bridgehead atoms. The van der Waals surface area contributed by atoms with Crippen LogP contribution in [0, 0.1) is 11.8 Å². The quantitative estimate of drug-likeness (QED) is 0.394. The molecule has 10 nitrogen and oxygen atoms in total. The van der Waals surface area contributed by atoms with Crippen molar-refractivity contribution in [3.05, 3.63) is 5.38 Å². The zero-order valence-corrected chi connectivity index (χ0v) is 20.9. The van der Waals surface area contributed by atoms with Gasteiger partial charge in [-0.2, -0.15) is 4.98 Å². The number of urea groups is 1. The molecule has 0 radical (unpaired) electrons. The molecule has 11 heteroatoms. The van der Waals surface area contributed by atoms with Crippen LogP contribution >= 0.6 is 11.3 Å². The number of nitrogens with zero attached hydrogens (tertiary/aromatic N) is 2. The van der Waals surface area contributed by atoms with Gasteiger partial charge in [-0.3, -0.25) is 9.59 Å². The van der Waals surface area contributed by atoms with E-state index in [1.165, 1.54) is 25.3 Å². The lowest BCUT2D eigenvalue weighted by molar-refractivity contribution is -0.134. The lowest BCUT2D eigenvalue weighted by Gasteiger charge is -2.30. The third-order valence-corrected chi connectivity index (χ3v) is 8.05. The predicted molar refractivity (Wildman–Crippen MR) is 129 cm³/mol. The van der Waals surface area contributed by atoms with Gasteiger partial charge < -0.3 is 20.1 Å². The van der Waals surface area contributed by atoms with Crippen molar-refractivity contribution >= 4 is 40.5 Å². The summed E-state index contributed by atoms with van der Waals surface area (Å²) in [4.78, 5) is 56.3. The van der Waals surface area contributed by atoms with E-state index in [-0.39, 0.29) is 22.8 Å². The van der Waals surface area contributed by atoms with Crippen LogP contribution < -0.4 is 15.4 Å². The SMILES string of the molecule is COC(=O)Oc1csc(NC(=O)[C@H](CC2CCCCC2)N2C(=O)N[C@@H](CC3CCCCC3)C2=O)n1. The number of carbonyl (C=O) groups is 4. The molecule has 2 saturated carbocycles. The standard InChI is InChI=1S/C24H34N4O6S/c1-33-24(32)34-19-14-35-22(26-19)27-20(29)18(13-16-10-6-3-7-11-16)28-21(30)17(25-23(28)31)12-15-8-4-2-5-9-15/h14-18H,2-13H2,1H3,(H,25,31)(H,26,27,29)/t17-,18-/m0/s1. The second-order valence-electron chi connectivity index (χ2n) is 9.74. The van der Waals surface area contributed by atoms with Crippen molar-refractivity contribution in [1.29, 1.82) is 0 Å². The highest BCUT2D eigenvalue weighted by atomic mass is 32.1. The Kier molecular flexibility index (Phi) is 8.59. The van der Waals surface area contributed by atoms with Crippen LogP contribution in [-0.2, 0) is 14.3 Å². The Labute approximate surface area is 209 Å². The van der Waals surface area contributed by atoms with Crippen molar-refractivity contribution in [2.75, 3.05) is 12.4 Å². The second-order valence-corrected chi connectivity index (χ2v) is 10.6. The van der Waals surface area contributed by atoms with Gasteiger partial charge in [-0.1, -0.05) is 64.2 Å². The summed E-state index contributed by atoms with van der Waals surface area (Å²) in [7, 11) is 1.19. The molecule has 2 aliphatic carbocycles. The third-order valence-electron chi connectivity index (χ3n) is 7.31. The molecule has 1 aliphatic heterocycles. The number of aromatic nitrogens is 1. The Morgan fingerprint density at radius 2 is 1.77 bits per heavy atom. The topological polar surface area (TPSA) is 127 Å². The fourth-order valence-electron chi connectivity index (χ4n) is 5.51.